The Morgan fingerprint density at radius 2 is 1.84 bits per heavy atom. The predicted molar refractivity (Wildman–Crippen MR) is 82.9 cm³/mol. The number of aryl methyl sites for hydroxylation is 2. The third-order valence-electron chi connectivity index (χ3n) is 3.35. The first kappa shape index (κ1) is 14.2. The van der Waals surface area contributed by atoms with Crippen LogP contribution in [-0.2, 0) is 0 Å². The molecule has 1 aromatic heterocycles. The standard InChI is InChI=1S/C16H22N2S/c1-11-7-12(2)9-15(8-11)14(4)18-10-13(3)16-17-5-6-19-16/h5-9,13-14,18H,10H2,1-4H3. The van der Waals surface area contributed by atoms with E-state index in [0.29, 0.717) is 12.0 Å². The maximum absolute atomic E-state index is 4.37. The van der Waals surface area contributed by atoms with E-state index in [1.54, 1.807) is 11.3 Å². The van der Waals surface area contributed by atoms with Crippen molar-refractivity contribution in [3.05, 3.63) is 51.5 Å². The first-order chi connectivity index (χ1) is 9.06. The number of nitrogens with zero attached hydrogens (tertiary/aromatic N) is 1. The zero-order valence-electron chi connectivity index (χ0n) is 12.1. The average Bonchev–Trinajstić information content (AvgIpc) is 2.88. The molecule has 102 valence electrons. The summed E-state index contributed by atoms with van der Waals surface area (Å²) in [6.07, 6.45) is 1.88. The summed E-state index contributed by atoms with van der Waals surface area (Å²) in [5, 5.41) is 6.86. The second-order valence-corrected chi connectivity index (χ2v) is 6.25. The lowest BCUT2D eigenvalue weighted by molar-refractivity contribution is 0.535. The van der Waals surface area contributed by atoms with Gasteiger partial charge in [-0.1, -0.05) is 36.2 Å². The largest absolute Gasteiger partial charge is 0.310 e. The van der Waals surface area contributed by atoms with Crippen LogP contribution in [0.25, 0.3) is 0 Å². The Balaban J connectivity index is 1.95. The molecule has 2 atom stereocenters. The molecule has 0 amide bonds. The predicted octanol–water partition coefficient (Wildman–Crippen LogP) is 4.21. The average molecular weight is 274 g/mol. The van der Waals surface area contributed by atoms with E-state index < -0.39 is 0 Å². The number of nitrogens with one attached hydrogen (secondary N) is 1. The lowest BCUT2D eigenvalue weighted by Gasteiger charge is -2.18. The lowest BCUT2D eigenvalue weighted by Crippen LogP contribution is -2.23. The summed E-state index contributed by atoms with van der Waals surface area (Å²) in [6, 6.07) is 7.12. The molecule has 3 heteroatoms. The van der Waals surface area contributed by atoms with E-state index in [1.807, 2.05) is 11.6 Å². The van der Waals surface area contributed by atoms with Gasteiger partial charge >= 0.3 is 0 Å². The van der Waals surface area contributed by atoms with Gasteiger partial charge < -0.3 is 5.32 Å². The molecule has 0 saturated carbocycles. The Hall–Kier alpha value is -1.19. The van der Waals surface area contributed by atoms with Crippen LogP contribution in [0.3, 0.4) is 0 Å². The first-order valence-electron chi connectivity index (χ1n) is 6.77. The minimum absolute atomic E-state index is 0.376. The van der Waals surface area contributed by atoms with Crippen LogP contribution in [0.4, 0.5) is 0 Å². The van der Waals surface area contributed by atoms with E-state index in [2.05, 4.69) is 56.2 Å². The van der Waals surface area contributed by atoms with Gasteiger partial charge in [0, 0.05) is 30.1 Å². The number of benzene rings is 1. The van der Waals surface area contributed by atoms with Crippen LogP contribution in [-0.4, -0.2) is 11.5 Å². The van der Waals surface area contributed by atoms with Crippen LogP contribution >= 0.6 is 11.3 Å². The highest BCUT2D eigenvalue weighted by atomic mass is 32.1. The molecule has 0 spiro atoms. The Morgan fingerprint density at radius 3 is 2.42 bits per heavy atom. The highest BCUT2D eigenvalue weighted by molar-refractivity contribution is 7.09. The van der Waals surface area contributed by atoms with E-state index in [4.69, 9.17) is 0 Å². The van der Waals surface area contributed by atoms with Gasteiger partial charge in [0.25, 0.3) is 0 Å². The van der Waals surface area contributed by atoms with Gasteiger partial charge in [-0.3, -0.25) is 0 Å². The van der Waals surface area contributed by atoms with Gasteiger partial charge in [-0.15, -0.1) is 11.3 Å². The second-order valence-electron chi connectivity index (χ2n) is 5.32. The molecule has 0 fully saturated rings. The molecule has 0 aliphatic rings. The maximum Gasteiger partial charge on any atom is 0.0965 e. The third kappa shape index (κ3) is 3.88. The number of aromatic nitrogens is 1. The summed E-state index contributed by atoms with van der Waals surface area (Å²) in [7, 11) is 0. The Kier molecular flexibility index (Phi) is 4.72. The van der Waals surface area contributed by atoms with Gasteiger partial charge in [0.1, 0.15) is 0 Å². The van der Waals surface area contributed by atoms with E-state index in [9.17, 15) is 0 Å². The van der Waals surface area contributed by atoms with Crippen molar-refractivity contribution in [2.75, 3.05) is 6.54 Å². The minimum atomic E-state index is 0.376. The Bertz CT molecular complexity index is 499. The van der Waals surface area contributed by atoms with Crippen molar-refractivity contribution in [1.29, 1.82) is 0 Å². The van der Waals surface area contributed by atoms with Crippen LogP contribution in [0.15, 0.2) is 29.8 Å². The smallest absolute Gasteiger partial charge is 0.0965 e. The van der Waals surface area contributed by atoms with Gasteiger partial charge in [0.2, 0.25) is 0 Å². The van der Waals surface area contributed by atoms with Crippen molar-refractivity contribution < 1.29 is 0 Å². The molecule has 0 bridgehead atoms. The highest BCUT2D eigenvalue weighted by Crippen LogP contribution is 2.20. The summed E-state index contributed by atoms with van der Waals surface area (Å²) in [6.45, 7) is 9.72. The van der Waals surface area contributed by atoms with Crippen molar-refractivity contribution >= 4 is 11.3 Å². The van der Waals surface area contributed by atoms with Crippen LogP contribution in [0.2, 0.25) is 0 Å². The third-order valence-corrected chi connectivity index (χ3v) is 4.35. The molecular formula is C16H22N2S. The fraction of sp³-hybridized carbons (Fsp3) is 0.438. The van der Waals surface area contributed by atoms with Gasteiger partial charge in [-0.05, 0) is 26.3 Å². The van der Waals surface area contributed by atoms with Crippen molar-refractivity contribution in [3.63, 3.8) is 0 Å². The molecule has 1 N–H and O–H groups in total. The van der Waals surface area contributed by atoms with Gasteiger partial charge in [-0.25, -0.2) is 4.98 Å². The first-order valence-corrected chi connectivity index (χ1v) is 7.65. The second kappa shape index (κ2) is 6.31. The molecule has 2 aromatic rings. The summed E-state index contributed by atoms with van der Waals surface area (Å²) < 4.78 is 0. The minimum Gasteiger partial charge on any atom is -0.310 e. The van der Waals surface area contributed by atoms with Crippen LogP contribution < -0.4 is 5.32 Å². The molecule has 2 nitrogen and oxygen atoms in total. The lowest BCUT2D eigenvalue weighted by atomic mass is 10.0. The molecule has 0 radical (unpaired) electrons. The molecule has 0 saturated heterocycles. The van der Waals surface area contributed by atoms with Gasteiger partial charge in [-0.2, -0.15) is 0 Å². The molecule has 2 rings (SSSR count). The van der Waals surface area contributed by atoms with Crippen molar-refractivity contribution in [2.45, 2.75) is 39.7 Å². The highest BCUT2D eigenvalue weighted by Gasteiger charge is 2.11. The molecule has 0 aliphatic heterocycles. The van der Waals surface area contributed by atoms with E-state index in [0.717, 1.165) is 6.54 Å². The van der Waals surface area contributed by atoms with Crippen molar-refractivity contribution in [3.8, 4) is 0 Å². The summed E-state index contributed by atoms with van der Waals surface area (Å²) in [5.41, 5.74) is 4.03. The summed E-state index contributed by atoms with van der Waals surface area (Å²) in [4.78, 5) is 4.37. The number of hydrogen-bond donors (Lipinski definition) is 1. The molecule has 2 unspecified atom stereocenters. The zero-order valence-corrected chi connectivity index (χ0v) is 12.9. The maximum atomic E-state index is 4.37. The van der Waals surface area contributed by atoms with E-state index in [-0.39, 0.29) is 0 Å². The summed E-state index contributed by atoms with van der Waals surface area (Å²) in [5.74, 6) is 0.466. The quantitative estimate of drug-likeness (QED) is 0.883. The molecule has 19 heavy (non-hydrogen) atoms. The molecular weight excluding hydrogens is 252 g/mol. The van der Waals surface area contributed by atoms with Crippen molar-refractivity contribution in [2.24, 2.45) is 0 Å². The zero-order chi connectivity index (χ0) is 13.8. The Morgan fingerprint density at radius 1 is 1.16 bits per heavy atom. The number of thiazole rings is 1. The fourth-order valence-corrected chi connectivity index (χ4v) is 2.99. The summed E-state index contributed by atoms with van der Waals surface area (Å²) >= 11 is 1.73. The Labute approximate surface area is 119 Å². The van der Waals surface area contributed by atoms with Crippen LogP contribution in [0.5, 0.6) is 0 Å². The molecule has 1 heterocycles. The van der Waals surface area contributed by atoms with Gasteiger partial charge in [0.05, 0.1) is 5.01 Å². The fourth-order valence-electron chi connectivity index (χ4n) is 2.30. The van der Waals surface area contributed by atoms with Gasteiger partial charge in [0.15, 0.2) is 0 Å². The van der Waals surface area contributed by atoms with Crippen LogP contribution in [0.1, 0.15) is 47.5 Å². The number of hydrogen-bond acceptors (Lipinski definition) is 3. The van der Waals surface area contributed by atoms with Crippen LogP contribution in [0, 0.1) is 13.8 Å². The monoisotopic (exact) mass is 274 g/mol. The molecule has 1 aromatic carbocycles. The van der Waals surface area contributed by atoms with Crippen molar-refractivity contribution in [1.82, 2.24) is 10.3 Å². The topological polar surface area (TPSA) is 24.9 Å². The van der Waals surface area contributed by atoms with E-state index in [1.165, 1.54) is 21.7 Å². The SMILES string of the molecule is Cc1cc(C)cc(C(C)NCC(C)c2nccs2)c1. The van der Waals surface area contributed by atoms with E-state index >= 15 is 0 Å². The normalized spacial score (nSPS) is 14.3. The number of rotatable bonds is 5. The molecule has 0 aliphatic carbocycles.